The van der Waals surface area contributed by atoms with Gasteiger partial charge < -0.3 is 14.8 Å². The lowest BCUT2D eigenvalue weighted by molar-refractivity contribution is -0.120. The first kappa shape index (κ1) is 19.7. The molecule has 1 N–H and O–H groups in total. The van der Waals surface area contributed by atoms with Gasteiger partial charge >= 0.3 is 0 Å². The summed E-state index contributed by atoms with van der Waals surface area (Å²) < 4.78 is 10.1. The van der Waals surface area contributed by atoms with Gasteiger partial charge in [0.05, 0.1) is 5.54 Å². The van der Waals surface area contributed by atoms with Crippen molar-refractivity contribution in [2.24, 2.45) is 0 Å². The number of hydrogen-bond acceptors (Lipinski definition) is 4. The summed E-state index contributed by atoms with van der Waals surface area (Å²) >= 11 is 0. The molecule has 0 heterocycles. The molecule has 0 saturated heterocycles. The smallest absolute Gasteiger partial charge is 0.154 e. The van der Waals surface area contributed by atoms with E-state index in [0.717, 1.165) is 25.1 Å². The quantitative estimate of drug-likeness (QED) is 0.463. The molecule has 1 aromatic rings. The molecular formula is C19H31NO3. The van der Waals surface area contributed by atoms with Gasteiger partial charge in [0.15, 0.2) is 5.78 Å². The van der Waals surface area contributed by atoms with Gasteiger partial charge in [-0.25, -0.2) is 0 Å². The number of hydrogen-bond donors (Lipinski definition) is 1. The molecule has 0 unspecified atom stereocenters. The number of ether oxygens (including phenoxy) is 2. The number of rotatable bonds is 12. The fourth-order valence-corrected chi connectivity index (χ4v) is 2.23. The van der Waals surface area contributed by atoms with Crippen LogP contribution in [0.2, 0.25) is 0 Å². The van der Waals surface area contributed by atoms with Gasteiger partial charge in [-0.15, -0.1) is 0 Å². The van der Waals surface area contributed by atoms with Gasteiger partial charge in [-0.2, -0.15) is 0 Å². The van der Waals surface area contributed by atoms with Crippen LogP contribution in [-0.4, -0.2) is 31.8 Å². The monoisotopic (exact) mass is 321 g/mol. The van der Waals surface area contributed by atoms with Crippen LogP contribution in [-0.2, 0) is 20.7 Å². The van der Waals surface area contributed by atoms with Gasteiger partial charge in [0, 0.05) is 19.4 Å². The second-order valence-electron chi connectivity index (χ2n) is 6.48. The number of unbranched alkanes of at least 4 members (excludes halogenated alkanes) is 3. The highest BCUT2D eigenvalue weighted by molar-refractivity contribution is 5.88. The van der Waals surface area contributed by atoms with Crippen molar-refractivity contribution >= 4 is 11.5 Å². The van der Waals surface area contributed by atoms with Crippen molar-refractivity contribution in [1.82, 2.24) is 0 Å². The van der Waals surface area contributed by atoms with Gasteiger partial charge in [0.25, 0.3) is 0 Å². The van der Waals surface area contributed by atoms with Crippen LogP contribution in [0.25, 0.3) is 0 Å². The maximum atomic E-state index is 11.5. The predicted molar refractivity (Wildman–Crippen MR) is 94.8 cm³/mol. The van der Waals surface area contributed by atoms with Gasteiger partial charge in [0.2, 0.25) is 0 Å². The summed E-state index contributed by atoms with van der Waals surface area (Å²) in [4.78, 5) is 11.5. The molecule has 4 nitrogen and oxygen atoms in total. The normalized spacial score (nSPS) is 11.5. The van der Waals surface area contributed by atoms with E-state index in [1.54, 1.807) is 14.0 Å². The summed E-state index contributed by atoms with van der Waals surface area (Å²) in [6.45, 7) is 6.59. The third-order valence-electron chi connectivity index (χ3n) is 4.00. The Balaban J connectivity index is 2.23. The first-order valence-corrected chi connectivity index (χ1v) is 8.40. The highest BCUT2D eigenvalue weighted by Gasteiger charge is 2.22. The van der Waals surface area contributed by atoms with E-state index in [-0.39, 0.29) is 5.78 Å². The van der Waals surface area contributed by atoms with Crippen LogP contribution in [0.4, 0.5) is 5.69 Å². The number of carbonyl (C=O) groups is 1. The van der Waals surface area contributed by atoms with E-state index < -0.39 is 5.54 Å². The Kier molecular flexibility index (Phi) is 8.89. The molecule has 0 spiro atoms. The summed E-state index contributed by atoms with van der Waals surface area (Å²) in [5, 5.41) is 3.27. The lowest BCUT2D eigenvalue weighted by Gasteiger charge is -2.24. The average molecular weight is 321 g/mol. The molecule has 0 aliphatic carbocycles. The van der Waals surface area contributed by atoms with Crippen molar-refractivity contribution in [3.05, 3.63) is 29.8 Å². The minimum atomic E-state index is -0.521. The zero-order valence-corrected chi connectivity index (χ0v) is 15.0. The molecule has 23 heavy (non-hydrogen) atoms. The number of nitrogens with one attached hydrogen (secondary N) is 1. The van der Waals surface area contributed by atoms with Crippen LogP contribution >= 0.6 is 0 Å². The van der Waals surface area contributed by atoms with Crippen LogP contribution in [0.3, 0.4) is 0 Å². The highest BCUT2D eigenvalue weighted by atomic mass is 16.7. The Hall–Kier alpha value is -1.39. The maximum absolute atomic E-state index is 11.5. The fourth-order valence-electron chi connectivity index (χ4n) is 2.23. The van der Waals surface area contributed by atoms with Gasteiger partial charge in [-0.3, -0.25) is 4.79 Å². The molecule has 0 fully saturated rings. The van der Waals surface area contributed by atoms with Crippen molar-refractivity contribution in [3.8, 4) is 0 Å². The van der Waals surface area contributed by atoms with Crippen LogP contribution in [0.15, 0.2) is 24.3 Å². The summed E-state index contributed by atoms with van der Waals surface area (Å²) in [7, 11) is 1.64. The first-order chi connectivity index (χ1) is 11.0. The van der Waals surface area contributed by atoms with Crippen molar-refractivity contribution < 1.29 is 14.3 Å². The van der Waals surface area contributed by atoms with Crippen LogP contribution in [0.1, 0.15) is 52.0 Å². The summed E-state index contributed by atoms with van der Waals surface area (Å²) in [6, 6.07) is 8.39. The number of aryl methyl sites for hydroxylation is 1. The van der Waals surface area contributed by atoms with E-state index in [2.05, 4.69) is 29.6 Å². The topological polar surface area (TPSA) is 47.6 Å². The molecule has 0 radical (unpaired) electrons. The molecule has 0 atom stereocenters. The number of ketones is 1. The number of anilines is 1. The second-order valence-corrected chi connectivity index (χ2v) is 6.48. The molecule has 0 aliphatic rings. The van der Waals surface area contributed by atoms with Gasteiger partial charge in [-0.1, -0.05) is 25.0 Å². The van der Waals surface area contributed by atoms with Crippen molar-refractivity contribution in [1.29, 1.82) is 0 Å². The average Bonchev–Trinajstić information content (AvgIpc) is 2.51. The van der Waals surface area contributed by atoms with E-state index in [1.807, 2.05) is 13.8 Å². The molecule has 0 aromatic heterocycles. The largest absolute Gasteiger partial charge is 0.373 e. The zero-order valence-electron chi connectivity index (χ0n) is 15.0. The fraction of sp³-hybridized carbons (Fsp3) is 0.632. The summed E-state index contributed by atoms with van der Waals surface area (Å²) in [6.07, 6.45) is 5.78. The van der Waals surface area contributed by atoms with Crippen LogP contribution in [0.5, 0.6) is 0 Å². The van der Waals surface area contributed by atoms with Crippen molar-refractivity contribution in [2.75, 3.05) is 25.8 Å². The minimum Gasteiger partial charge on any atom is -0.373 e. The number of carbonyl (C=O) groups excluding carboxylic acids is 1. The summed E-state index contributed by atoms with van der Waals surface area (Å²) in [5.74, 6) is 0.135. The standard InChI is InChI=1S/C19H31NO3/c1-16(21)19(2,3)20-18-12-10-17(11-13-18)9-7-5-6-8-14-23-15-22-4/h10-13,20H,5-9,14-15H2,1-4H3. The molecular weight excluding hydrogens is 290 g/mol. The third-order valence-corrected chi connectivity index (χ3v) is 4.00. The molecule has 0 aliphatic heterocycles. The van der Waals surface area contributed by atoms with E-state index in [0.29, 0.717) is 6.79 Å². The Labute approximate surface area is 140 Å². The van der Waals surface area contributed by atoms with Gasteiger partial charge in [-0.05, 0) is 57.7 Å². The molecule has 4 heteroatoms. The van der Waals surface area contributed by atoms with Crippen molar-refractivity contribution in [3.63, 3.8) is 0 Å². The van der Waals surface area contributed by atoms with Crippen molar-refractivity contribution in [2.45, 2.75) is 58.4 Å². The first-order valence-electron chi connectivity index (χ1n) is 8.40. The lowest BCUT2D eigenvalue weighted by Crippen LogP contribution is -2.38. The third kappa shape index (κ3) is 8.14. The minimum absolute atomic E-state index is 0.135. The molecule has 0 bridgehead atoms. The number of benzene rings is 1. The number of Topliss-reactive ketones (excluding diaryl/α,β-unsaturated/α-hetero) is 1. The van der Waals surface area contributed by atoms with Crippen LogP contribution in [0, 0.1) is 0 Å². The van der Waals surface area contributed by atoms with E-state index in [9.17, 15) is 4.79 Å². The second kappa shape index (κ2) is 10.4. The van der Waals surface area contributed by atoms with Crippen LogP contribution < -0.4 is 5.32 Å². The zero-order chi connectivity index (χ0) is 17.1. The molecule has 1 aromatic carbocycles. The van der Waals surface area contributed by atoms with E-state index in [1.165, 1.54) is 24.8 Å². The lowest BCUT2D eigenvalue weighted by atomic mass is 9.99. The molecule has 0 amide bonds. The Morgan fingerprint density at radius 3 is 2.35 bits per heavy atom. The maximum Gasteiger partial charge on any atom is 0.154 e. The summed E-state index contributed by atoms with van der Waals surface area (Å²) in [5.41, 5.74) is 1.81. The van der Waals surface area contributed by atoms with Gasteiger partial charge in [0.1, 0.15) is 6.79 Å². The predicted octanol–water partition coefficient (Wildman–Crippen LogP) is 4.19. The Morgan fingerprint density at radius 1 is 1.09 bits per heavy atom. The number of methoxy groups -OCH3 is 1. The SMILES string of the molecule is COCOCCCCCCc1ccc(NC(C)(C)C(C)=O)cc1. The Morgan fingerprint density at radius 2 is 1.74 bits per heavy atom. The molecule has 130 valence electrons. The van der Waals surface area contributed by atoms with E-state index in [4.69, 9.17) is 9.47 Å². The van der Waals surface area contributed by atoms with E-state index >= 15 is 0 Å². The molecule has 0 saturated carbocycles. The highest BCUT2D eigenvalue weighted by Crippen LogP contribution is 2.18. The Bertz CT molecular complexity index is 454. The molecule has 1 rings (SSSR count).